The third kappa shape index (κ3) is 2.04. The number of carbonyl (C=O) groups excluding carboxylic acids is 1. The van der Waals surface area contributed by atoms with Crippen LogP contribution in [0.2, 0.25) is 0 Å². The summed E-state index contributed by atoms with van der Waals surface area (Å²) in [7, 11) is 1.83. The van der Waals surface area contributed by atoms with Crippen LogP contribution in [0.15, 0.2) is 0 Å². The summed E-state index contributed by atoms with van der Waals surface area (Å²) < 4.78 is 0. The molecule has 16 heavy (non-hydrogen) atoms. The van der Waals surface area contributed by atoms with Gasteiger partial charge in [-0.3, -0.25) is 14.5 Å². The fourth-order valence-electron chi connectivity index (χ4n) is 2.60. The van der Waals surface area contributed by atoms with Crippen LogP contribution in [0.4, 0.5) is 0 Å². The average Bonchev–Trinajstić information content (AvgIpc) is 2.60. The van der Waals surface area contributed by atoms with Crippen LogP contribution in [0.5, 0.6) is 0 Å². The summed E-state index contributed by atoms with van der Waals surface area (Å²) in [5, 5.41) is 8.89. The molecule has 2 aliphatic heterocycles. The fourth-order valence-corrected chi connectivity index (χ4v) is 2.60. The van der Waals surface area contributed by atoms with Crippen LogP contribution in [0, 0.1) is 5.92 Å². The number of nitrogens with zero attached hydrogens (tertiary/aromatic N) is 2. The van der Waals surface area contributed by atoms with Gasteiger partial charge in [-0.2, -0.15) is 0 Å². The number of rotatable bonds is 2. The van der Waals surface area contributed by atoms with Gasteiger partial charge in [0.25, 0.3) is 0 Å². The summed E-state index contributed by atoms with van der Waals surface area (Å²) in [6, 6.07) is -0.000236. The van der Waals surface area contributed by atoms with Gasteiger partial charge in [0.2, 0.25) is 5.91 Å². The van der Waals surface area contributed by atoms with E-state index in [0.29, 0.717) is 12.8 Å². The Morgan fingerprint density at radius 1 is 1.25 bits per heavy atom. The summed E-state index contributed by atoms with van der Waals surface area (Å²) in [4.78, 5) is 26.5. The molecule has 5 nitrogen and oxygen atoms in total. The van der Waals surface area contributed by atoms with E-state index < -0.39 is 5.97 Å². The number of aliphatic carboxylic acids is 1. The first-order valence-corrected chi connectivity index (χ1v) is 5.81. The maximum absolute atomic E-state index is 11.8. The number of carboxylic acids is 1. The number of hydrogen-bond donors (Lipinski definition) is 1. The van der Waals surface area contributed by atoms with Gasteiger partial charge in [0.05, 0.1) is 12.0 Å². The third-order valence-electron chi connectivity index (χ3n) is 3.72. The van der Waals surface area contributed by atoms with Crippen molar-refractivity contribution in [3.8, 4) is 0 Å². The number of carboxylic acid groups (broad SMARTS) is 1. The van der Waals surface area contributed by atoms with E-state index >= 15 is 0 Å². The van der Waals surface area contributed by atoms with Gasteiger partial charge in [0.15, 0.2) is 0 Å². The SMILES string of the molecule is CN1CCC(N2CCC(C(=O)O)CC2)C1=O. The maximum Gasteiger partial charge on any atom is 0.306 e. The van der Waals surface area contributed by atoms with E-state index in [0.717, 1.165) is 26.1 Å². The molecule has 0 aromatic heterocycles. The van der Waals surface area contributed by atoms with Crippen LogP contribution in [0.25, 0.3) is 0 Å². The number of piperidine rings is 1. The van der Waals surface area contributed by atoms with Crippen molar-refractivity contribution in [1.29, 1.82) is 0 Å². The van der Waals surface area contributed by atoms with Crippen molar-refractivity contribution in [2.75, 3.05) is 26.7 Å². The topological polar surface area (TPSA) is 60.9 Å². The number of likely N-dealkylation sites (tertiary alicyclic amines) is 2. The molecule has 0 aromatic carbocycles. The second-order valence-corrected chi connectivity index (χ2v) is 4.71. The van der Waals surface area contributed by atoms with Gasteiger partial charge in [-0.05, 0) is 32.4 Å². The van der Waals surface area contributed by atoms with Crippen molar-refractivity contribution in [1.82, 2.24) is 9.80 Å². The summed E-state index contributed by atoms with van der Waals surface area (Å²) in [5.41, 5.74) is 0. The van der Waals surface area contributed by atoms with Gasteiger partial charge in [-0.25, -0.2) is 0 Å². The maximum atomic E-state index is 11.8. The Morgan fingerprint density at radius 3 is 2.31 bits per heavy atom. The minimum absolute atomic E-state index is 0.000236. The van der Waals surface area contributed by atoms with Crippen LogP contribution in [0.3, 0.4) is 0 Å². The predicted octanol–water partition coefficient (Wildman–Crippen LogP) is 0.0137. The molecule has 1 amide bonds. The Balaban J connectivity index is 1.90. The highest BCUT2D eigenvalue weighted by molar-refractivity contribution is 5.83. The lowest BCUT2D eigenvalue weighted by Crippen LogP contribution is -2.46. The van der Waals surface area contributed by atoms with Crippen molar-refractivity contribution in [2.24, 2.45) is 5.92 Å². The molecular weight excluding hydrogens is 208 g/mol. The first-order valence-electron chi connectivity index (χ1n) is 5.81. The number of hydrogen-bond acceptors (Lipinski definition) is 3. The van der Waals surface area contributed by atoms with E-state index in [4.69, 9.17) is 5.11 Å². The molecular formula is C11H18N2O3. The molecule has 1 atom stereocenters. The molecule has 0 aromatic rings. The molecule has 2 heterocycles. The molecule has 2 aliphatic rings. The molecule has 2 saturated heterocycles. The number of carbonyl (C=O) groups is 2. The zero-order chi connectivity index (χ0) is 11.7. The number of likely N-dealkylation sites (N-methyl/N-ethyl adjacent to an activating group) is 1. The Hall–Kier alpha value is -1.10. The first kappa shape index (κ1) is 11.4. The Labute approximate surface area is 95.0 Å². The standard InChI is InChI=1S/C11H18N2O3/c1-12-5-4-9(10(12)14)13-6-2-8(3-7-13)11(15)16/h8-9H,2-7H2,1H3,(H,15,16). The lowest BCUT2D eigenvalue weighted by Gasteiger charge is -2.33. The van der Waals surface area contributed by atoms with Gasteiger partial charge in [0.1, 0.15) is 0 Å². The van der Waals surface area contributed by atoms with E-state index in [1.54, 1.807) is 4.90 Å². The molecule has 2 fully saturated rings. The zero-order valence-electron chi connectivity index (χ0n) is 9.56. The summed E-state index contributed by atoms with van der Waals surface area (Å²) in [6.07, 6.45) is 2.22. The highest BCUT2D eigenvalue weighted by atomic mass is 16.4. The summed E-state index contributed by atoms with van der Waals surface area (Å²) in [6.45, 7) is 2.30. The predicted molar refractivity (Wildman–Crippen MR) is 58.0 cm³/mol. The quantitative estimate of drug-likeness (QED) is 0.720. The largest absolute Gasteiger partial charge is 0.481 e. The molecule has 0 aliphatic carbocycles. The second-order valence-electron chi connectivity index (χ2n) is 4.71. The van der Waals surface area contributed by atoms with Crippen LogP contribution in [-0.2, 0) is 9.59 Å². The Morgan fingerprint density at radius 2 is 1.88 bits per heavy atom. The van der Waals surface area contributed by atoms with Crippen LogP contribution in [-0.4, -0.2) is 59.5 Å². The normalized spacial score (nSPS) is 28.7. The molecule has 1 unspecified atom stereocenters. The van der Waals surface area contributed by atoms with Crippen molar-refractivity contribution in [3.63, 3.8) is 0 Å². The van der Waals surface area contributed by atoms with Gasteiger partial charge in [-0.15, -0.1) is 0 Å². The van der Waals surface area contributed by atoms with Gasteiger partial charge >= 0.3 is 5.97 Å². The van der Waals surface area contributed by atoms with Gasteiger partial charge < -0.3 is 10.0 Å². The molecule has 90 valence electrons. The van der Waals surface area contributed by atoms with Crippen LogP contribution in [0.1, 0.15) is 19.3 Å². The highest BCUT2D eigenvalue weighted by Gasteiger charge is 2.36. The summed E-state index contributed by atoms with van der Waals surface area (Å²) in [5.74, 6) is -0.728. The van der Waals surface area contributed by atoms with Crippen LogP contribution >= 0.6 is 0 Å². The van der Waals surface area contributed by atoms with Crippen molar-refractivity contribution in [2.45, 2.75) is 25.3 Å². The first-order chi connectivity index (χ1) is 7.59. The van der Waals surface area contributed by atoms with Crippen molar-refractivity contribution < 1.29 is 14.7 Å². The average molecular weight is 226 g/mol. The third-order valence-corrected chi connectivity index (χ3v) is 3.72. The monoisotopic (exact) mass is 226 g/mol. The molecule has 5 heteroatoms. The van der Waals surface area contributed by atoms with Crippen molar-refractivity contribution in [3.05, 3.63) is 0 Å². The number of amides is 1. The Bertz CT molecular complexity index is 298. The van der Waals surface area contributed by atoms with E-state index in [1.807, 2.05) is 7.05 Å². The van der Waals surface area contributed by atoms with Crippen LogP contribution < -0.4 is 0 Å². The molecule has 0 radical (unpaired) electrons. The van der Waals surface area contributed by atoms with E-state index in [9.17, 15) is 9.59 Å². The molecule has 0 saturated carbocycles. The Kier molecular flexibility index (Phi) is 3.14. The van der Waals surface area contributed by atoms with Gasteiger partial charge in [-0.1, -0.05) is 0 Å². The van der Waals surface area contributed by atoms with E-state index in [1.165, 1.54) is 0 Å². The molecule has 0 spiro atoms. The molecule has 0 bridgehead atoms. The lowest BCUT2D eigenvalue weighted by molar-refractivity contribution is -0.143. The smallest absolute Gasteiger partial charge is 0.306 e. The second kappa shape index (κ2) is 4.41. The minimum atomic E-state index is -0.700. The fraction of sp³-hybridized carbons (Fsp3) is 0.818. The van der Waals surface area contributed by atoms with Gasteiger partial charge in [0, 0.05) is 13.6 Å². The highest BCUT2D eigenvalue weighted by Crippen LogP contribution is 2.23. The van der Waals surface area contributed by atoms with Crippen molar-refractivity contribution >= 4 is 11.9 Å². The van der Waals surface area contributed by atoms with E-state index in [-0.39, 0.29) is 17.9 Å². The molecule has 2 rings (SSSR count). The zero-order valence-corrected chi connectivity index (χ0v) is 9.56. The molecule has 1 N–H and O–H groups in total. The lowest BCUT2D eigenvalue weighted by atomic mass is 9.96. The minimum Gasteiger partial charge on any atom is -0.481 e. The summed E-state index contributed by atoms with van der Waals surface area (Å²) >= 11 is 0. The van der Waals surface area contributed by atoms with E-state index in [2.05, 4.69) is 4.90 Å².